The van der Waals surface area contributed by atoms with Gasteiger partial charge in [-0.05, 0) is 46.6 Å². The van der Waals surface area contributed by atoms with Gasteiger partial charge < -0.3 is 11.1 Å². The number of benzene rings is 1. The third kappa shape index (κ3) is 2.60. The van der Waals surface area contributed by atoms with Gasteiger partial charge in [0.25, 0.3) is 0 Å². The molecule has 4 nitrogen and oxygen atoms in total. The Morgan fingerprint density at radius 3 is 2.83 bits per heavy atom. The van der Waals surface area contributed by atoms with Crippen LogP contribution in [0.2, 0.25) is 0 Å². The summed E-state index contributed by atoms with van der Waals surface area (Å²) in [7, 11) is 0. The van der Waals surface area contributed by atoms with Crippen LogP contribution in [0.1, 0.15) is 11.1 Å². The highest BCUT2D eigenvalue weighted by Gasteiger charge is 2.05. The van der Waals surface area contributed by atoms with Crippen LogP contribution in [0.25, 0.3) is 0 Å². The first kappa shape index (κ1) is 12.4. The fourth-order valence-corrected chi connectivity index (χ4v) is 1.86. The number of hydrogen-bond donors (Lipinski definition) is 2. The average molecular weight is 303 g/mol. The van der Waals surface area contributed by atoms with Gasteiger partial charge in [0.15, 0.2) is 5.82 Å². The second-order valence-corrected chi connectivity index (χ2v) is 4.74. The number of halogens is 1. The molecule has 5 heteroatoms. The van der Waals surface area contributed by atoms with Gasteiger partial charge in [-0.25, -0.2) is 4.98 Å². The Morgan fingerprint density at radius 1 is 1.39 bits per heavy atom. The van der Waals surface area contributed by atoms with E-state index in [-0.39, 0.29) is 0 Å². The van der Waals surface area contributed by atoms with Gasteiger partial charge in [0, 0.05) is 10.7 Å². The lowest BCUT2D eigenvalue weighted by Crippen LogP contribution is -2.00. The van der Waals surface area contributed by atoms with E-state index < -0.39 is 0 Å². The van der Waals surface area contributed by atoms with Gasteiger partial charge in [-0.3, -0.25) is 0 Å². The molecule has 0 spiro atoms. The van der Waals surface area contributed by atoms with Gasteiger partial charge in [0.1, 0.15) is 6.07 Å². The fraction of sp³-hybridized carbons (Fsp3) is 0.0769. The van der Waals surface area contributed by atoms with Crippen LogP contribution in [0.3, 0.4) is 0 Å². The van der Waals surface area contributed by atoms with Crippen LogP contribution in [0.4, 0.5) is 17.2 Å². The molecule has 1 aromatic heterocycles. The van der Waals surface area contributed by atoms with Crippen molar-refractivity contribution in [3.8, 4) is 6.07 Å². The monoisotopic (exact) mass is 302 g/mol. The predicted octanol–water partition coefficient (Wildman–Crippen LogP) is 3.35. The van der Waals surface area contributed by atoms with Crippen LogP contribution in [0.5, 0.6) is 0 Å². The van der Waals surface area contributed by atoms with E-state index in [2.05, 4.69) is 26.2 Å². The van der Waals surface area contributed by atoms with Crippen LogP contribution in [-0.2, 0) is 0 Å². The molecule has 2 aromatic rings. The maximum atomic E-state index is 8.75. The van der Waals surface area contributed by atoms with Crippen molar-refractivity contribution < 1.29 is 0 Å². The van der Waals surface area contributed by atoms with Crippen molar-refractivity contribution in [1.82, 2.24) is 4.98 Å². The molecule has 0 saturated carbocycles. The molecule has 0 aliphatic carbocycles. The highest BCUT2D eigenvalue weighted by atomic mass is 79.9. The lowest BCUT2D eigenvalue weighted by atomic mass is 10.2. The number of nitrogens with one attached hydrogen (secondary N) is 1. The maximum Gasteiger partial charge on any atom is 0.153 e. The van der Waals surface area contributed by atoms with E-state index in [1.807, 2.05) is 31.2 Å². The van der Waals surface area contributed by atoms with Crippen molar-refractivity contribution in [2.24, 2.45) is 0 Å². The molecular formula is C13H11BrN4. The number of anilines is 3. The van der Waals surface area contributed by atoms with Crippen molar-refractivity contribution in [3.63, 3.8) is 0 Å². The van der Waals surface area contributed by atoms with E-state index in [4.69, 9.17) is 11.0 Å². The molecule has 0 aliphatic rings. The van der Waals surface area contributed by atoms with Gasteiger partial charge >= 0.3 is 0 Å². The van der Waals surface area contributed by atoms with Gasteiger partial charge in [-0.15, -0.1) is 0 Å². The molecule has 0 aliphatic heterocycles. The van der Waals surface area contributed by atoms with Crippen LogP contribution in [0, 0.1) is 18.3 Å². The number of nitrogens with zero attached hydrogens (tertiary/aromatic N) is 2. The smallest absolute Gasteiger partial charge is 0.153 e. The van der Waals surface area contributed by atoms with Crippen LogP contribution < -0.4 is 11.1 Å². The number of nitriles is 1. The predicted molar refractivity (Wildman–Crippen MR) is 75.5 cm³/mol. The lowest BCUT2D eigenvalue weighted by Gasteiger charge is -2.10. The zero-order valence-electron chi connectivity index (χ0n) is 9.74. The number of pyridine rings is 1. The highest BCUT2D eigenvalue weighted by molar-refractivity contribution is 9.10. The first-order valence-electron chi connectivity index (χ1n) is 5.29. The number of nitrogen functional groups attached to an aromatic ring is 1. The van der Waals surface area contributed by atoms with E-state index in [9.17, 15) is 0 Å². The first-order chi connectivity index (χ1) is 8.60. The van der Waals surface area contributed by atoms with E-state index in [0.717, 1.165) is 15.7 Å². The molecule has 0 amide bonds. The van der Waals surface area contributed by atoms with Crippen molar-refractivity contribution >= 4 is 33.1 Å². The molecule has 0 fully saturated rings. The molecule has 0 atom stereocenters. The van der Waals surface area contributed by atoms with E-state index in [1.54, 1.807) is 6.07 Å². The summed E-state index contributed by atoms with van der Waals surface area (Å²) in [6.07, 6.45) is 1.49. The van der Waals surface area contributed by atoms with Crippen LogP contribution in [-0.4, -0.2) is 4.98 Å². The number of aryl methyl sites for hydroxylation is 1. The summed E-state index contributed by atoms with van der Waals surface area (Å²) in [4.78, 5) is 4.14. The summed E-state index contributed by atoms with van der Waals surface area (Å²) in [6, 6.07) is 9.55. The molecular weight excluding hydrogens is 292 g/mol. The second kappa shape index (κ2) is 5.07. The molecule has 0 unspecified atom stereocenters. The third-order valence-corrected chi connectivity index (χ3v) is 3.11. The summed E-state index contributed by atoms with van der Waals surface area (Å²) < 4.78 is 0.929. The third-order valence-electron chi connectivity index (χ3n) is 2.42. The first-order valence-corrected chi connectivity index (χ1v) is 6.08. The number of rotatable bonds is 2. The minimum absolute atomic E-state index is 0.446. The van der Waals surface area contributed by atoms with Crippen molar-refractivity contribution in [3.05, 3.63) is 46.1 Å². The molecule has 0 saturated heterocycles. The van der Waals surface area contributed by atoms with Crippen molar-refractivity contribution in [1.29, 1.82) is 5.26 Å². The molecule has 2 rings (SSSR count). The fourth-order valence-electron chi connectivity index (χ4n) is 1.51. The van der Waals surface area contributed by atoms with Gasteiger partial charge in [0.05, 0.1) is 16.9 Å². The van der Waals surface area contributed by atoms with E-state index >= 15 is 0 Å². The zero-order valence-corrected chi connectivity index (χ0v) is 11.3. The molecule has 0 radical (unpaired) electrons. The van der Waals surface area contributed by atoms with E-state index in [1.165, 1.54) is 6.20 Å². The number of nitrogens with two attached hydrogens (primary N) is 1. The van der Waals surface area contributed by atoms with E-state index in [0.29, 0.717) is 17.1 Å². The van der Waals surface area contributed by atoms with Gasteiger partial charge in [-0.1, -0.05) is 6.07 Å². The summed E-state index contributed by atoms with van der Waals surface area (Å²) in [5.41, 5.74) is 8.75. The summed E-state index contributed by atoms with van der Waals surface area (Å²) in [5, 5.41) is 11.9. The topological polar surface area (TPSA) is 74.7 Å². The summed E-state index contributed by atoms with van der Waals surface area (Å²) in [5.74, 6) is 0.542. The van der Waals surface area contributed by atoms with Gasteiger partial charge in [0.2, 0.25) is 0 Å². The minimum atomic E-state index is 0.446. The quantitative estimate of drug-likeness (QED) is 0.892. The van der Waals surface area contributed by atoms with Gasteiger partial charge in [-0.2, -0.15) is 5.26 Å². The van der Waals surface area contributed by atoms with Crippen LogP contribution >= 0.6 is 15.9 Å². The molecule has 90 valence electrons. The molecule has 3 N–H and O–H groups in total. The Kier molecular flexibility index (Phi) is 3.49. The Balaban J connectivity index is 2.34. The number of aromatic nitrogens is 1. The second-order valence-electron chi connectivity index (χ2n) is 3.88. The minimum Gasteiger partial charge on any atom is -0.396 e. The SMILES string of the molecule is Cc1ccc(Br)c(Nc2ncc(C#N)cc2N)c1. The molecule has 1 aromatic carbocycles. The maximum absolute atomic E-state index is 8.75. The highest BCUT2D eigenvalue weighted by Crippen LogP contribution is 2.28. The van der Waals surface area contributed by atoms with Crippen molar-refractivity contribution in [2.45, 2.75) is 6.92 Å². The Labute approximate surface area is 114 Å². The Bertz CT molecular complexity index is 631. The summed E-state index contributed by atoms with van der Waals surface area (Å²) >= 11 is 3.46. The normalized spacial score (nSPS) is 9.83. The molecule has 0 bridgehead atoms. The average Bonchev–Trinajstić information content (AvgIpc) is 2.36. The Hall–Kier alpha value is -2.06. The summed E-state index contributed by atoms with van der Waals surface area (Å²) in [6.45, 7) is 2.01. The lowest BCUT2D eigenvalue weighted by molar-refractivity contribution is 1.28. The Morgan fingerprint density at radius 2 is 2.17 bits per heavy atom. The molecule has 1 heterocycles. The molecule has 18 heavy (non-hydrogen) atoms. The van der Waals surface area contributed by atoms with Crippen LogP contribution in [0.15, 0.2) is 34.9 Å². The van der Waals surface area contributed by atoms with Crippen molar-refractivity contribution in [2.75, 3.05) is 11.1 Å². The number of hydrogen-bond acceptors (Lipinski definition) is 4. The largest absolute Gasteiger partial charge is 0.396 e. The standard InChI is InChI=1S/C13H11BrN4/c1-8-2-3-10(14)12(4-8)18-13-11(16)5-9(6-15)7-17-13/h2-5,7H,16H2,1H3,(H,17,18). The zero-order chi connectivity index (χ0) is 13.1.